The smallest absolute Gasteiger partial charge is 0.177 e. The van der Waals surface area contributed by atoms with Gasteiger partial charge < -0.3 is 14.8 Å². The van der Waals surface area contributed by atoms with Crippen LogP contribution in [0.15, 0.2) is 46.2 Å². The van der Waals surface area contributed by atoms with Gasteiger partial charge in [0.15, 0.2) is 31.2 Å². The van der Waals surface area contributed by atoms with Gasteiger partial charge in [0.25, 0.3) is 0 Å². The molecule has 0 heterocycles. The van der Waals surface area contributed by atoms with Gasteiger partial charge in [0.05, 0.1) is 29.7 Å². The molecule has 0 bridgehead atoms. The first-order valence-electron chi connectivity index (χ1n) is 7.55. The van der Waals surface area contributed by atoms with Crippen molar-refractivity contribution in [3.8, 4) is 11.5 Å². The van der Waals surface area contributed by atoms with Gasteiger partial charge in [-0.3, -0.25) is 0 Å². The van der Waals surface area contributed by atoms with E-state index >= 15 is 0 Å². The van der Waals surface area contributed by atoms with Crippen LogP contribution in [-0.4, -0.2) is 43.6 Å². The summed E-state index contributed by atoms with van der Waals surface area (Å²) in [5.74, 6) is 1.15. The molecule has 9 heteroatoms. The van der Waals surface area contributed by atoms with Crippen molar-refractivity contribution in [1.82, 2.24) is 0 Å². The second-order valence-electron chi connectivity index (χ2n) is 5.75. The van der Waals surface area contributed by atoms with E-state index in [9.17, 15) is 16.8 Å². The third-order valence-electron chi connectivity index (χ3n) is 3.71. The standard InChI is InChI=1S/C17H21NO6S2/c1-23-15-8-5-12(9-16(15)24-2)11-18-14-7-6-13(25(3,19)20)10-17(14)26(4,21)22/h5-10,18H,11H2,1-4H3. The van der Waals surface area contributed by atoms with E-state index in [1.54, 1.807) is 12.1 Å². The van der Waals surface area contributed by atoms with E-state index in [1.165, 1.54) is 32.4 Å². The summed E-state index contributed by atoms with van der Waals surface area (Å²) in [5, 5.41) is 3.03. The predicted molar refractivity (Wildman–Crippen MR) is 99.5 cm³/mol. The molecule has 0 radical (unpaired) electrons. The normalized spacial score (nSPS) is 11.8. The lowest BCUT2D eigenvalue weighted by Crippen LogP contribution is -2.08. The van der Waals surface area contributed by atoms with Gasteiger partial charge in [-0.25, -0.2) is 16.8 Å². The van der Waals surface area contributed by atoms with E-state index in [-0.39, 0.29) is 9.79 Å². The SMILES string of the molecule is COc1ccc(CNc2ccc(S(C)(=O)=O)cc2S(C)(=O)=O)cc1OC. The molecule has 0 fully saturated rings. The van der Waals surface area contributed by atoms with Gasteiger partial charge >= 0.3 is 0 Å². The first-order valence-corrected chi connectivity index (χ1v) is 11.3. The van der Waals surface area contributed by atoms with Crippen molar-refractivity contribution >= 4 is 25.4 Å². The zero-order valence-corrected chi connectivity index (χ0v) is 16.6. The van der Waals surface area contributed by atoms with Crippen LogP contribution in [0.2, 0.25) is 0 Å². The Bertz CT molecular complexity index is 1010. The van der Waals surface area contributed by atoms with Crippen LogP contribution in [-0.2, 0) is 26.2 Å². The number of sulfone groups is 2. The molecule has 0 amide bonds. The number of methoxy groups -OCH3 is 2. The predicted octanol–water partition coefficient (Wildman–Crippen LogP) is 2.12. The van der Waals surface area contributed by atoms with Gasteiger partial charge in [0.2, 0.25) is 0 Å². The molecule has 0 aromatic heterocycles. The monoisotopic (exact) mass is 399 g/mol. The van der Waals surface area contributed by atoms with Crippen LogP contribution in [0.5, 0.6) is 11.5 Å². The summed E-state index contributed by atoms with van der Waals surface area (Å²) in [6, 6.07) is 9.34. The Hall–Kier alpha value is -2.26. The molecule has 0 aliphatic heterocycles. The number of nitrogens with one attached hydrogen (secondary N) is 1. The number of rotatable bonds is 7. The van der Waals surface area contributed by atoms with Crippen LogP contribution in [0.3, 0.4) is 0 Å². The van der Waals surface area contributed by atoms with Gasteiger partial charge in [-0.05, 0) is 35.9 Å². The molecule has 0 unspecified atom stereocenters. The zero-order valence-electron chi connectivity index (χ0n) is 14.9. The molecule has 2 aromatic rings. The largest absolute Gasteiger partial charge is 0.493 e. The Morgan fingerprint density at radius 1 is 0.846 bits per heavy atom. The van der Waals surface area contributed by atoms with Crippen molar-refractivity contribution in [2.45, 2.75) is 16.3 Å². The van der Waals surface area contributed by atoms with Crippen molar-refractivity contribution in [2.75, 3.05) is 32.0 Å². The fourth-order valence-electron chi connectivity index (χ4n) is 2.37. The summed E-state index contributed by atoms with van der Waals surface area (Å²) in [4.78, 5) is -0.115. The Morgan fingerprint density at radius 3 is 2.04 bits per heavy atom. The second-order valence-corrected chi connectivity index (χ2v) is 9.75. The van der Waals surface area contributed by atoms with Crippen LogP contribution >= 0.6 is 0 Å². The summed E-state index contributed by atoms with van der Waals surface area (Å²) < 4.78 is 57.9. The van der Waals surface area contributed by atoms with Crippen molar-refractivity contribution < 1.29 is 26.3 Å². The minimum Gasteiger partial charge on any atom is -0.493 e. The van der Waals surface area contributed by atoms with Crippen LogP contribution in [0.4, 0.5) is 5.69 Å². The lowest BCUT2D eigenvalue weighted by Gasteiger charge is -2.14. The van der Waals surface area contributed by atoms with Gasteiger partial charge in [-0.15, -0.1) is 0 Å². The lowest BCUT2D eigenvalue weighted by molar-refractivity contribution is 0.354. The molecule has 0 saturated carbocycles. The maximum Gasteiger partial charge on any atom is 0.177 e. The first kappa shape index (κ1) is 20.1. The Kier molecular flexibility index (Phi) is 5.82. The fraction of sp³-hybridized carbons (Fsp3) is 0.294. The number of anilines is 1. The molecule has 0 saturated heterocycles. The Labute approximate surface area is 153 Å². The fourth-order valence-corrected chi connectivity index (χ4v) is 3.98. The molecule has 26 heavy (non-hydrogen) atoms. The van der Waals surface area contributed by atoms with Crippen molar-refractivity contribution in [3.05, 3.63) is 42.0 Å². The molecule has 142 valence electrons. The highest BCUT2D eigenvalue weighted by atomic mass is 32.2. The van der Waals surface area contributed by atoms with E-state index in [0.717, 1.165) is 18.1 Å². The van der Waals surface area contributed by atoms with Gasteiger partial charge in [0.1, 0.15) is 0 Å². The maximum atomic E-state index is 12.1. The highest BCUT2D eigenvalue weighted by Crippen LogP contribution is 2.29. The first-order chi connectivity index (χ1) is 12.1. The van der Waals surface area contributed by atoms with Gasteiger partial charge in [-0.2, -0.15) is 0 Å². The molecular weight excluding hydrogens is 378 g/mol. The molecule has 2 aromatic carbocycles. The van der Waals surface area contributed by atoms with Crippen LogP contribution in [0, 0.1) is 0 Å². The summed E-state index contributed by atoms with van der Waals surface area (Å²) in [6.07, 6.45) is 2.07. The van der Waals surface area contributed by atoms with Crippen LogP contribution < -0.4 is 14.8 Å². The zero-order chi connectivity index (χ0) is 19.5. The van der Waals surface area contributed by atoms with Crippen LogP contribution in [0.1, 0.15) is 5.56 Å². The van der Waals surface area contributed by atoms with Crippen molar-refractivity contribution in [2.24, 2.45) is 0 Å². The summed E-state index contributed by atoms with van der Waals surface area (Å²) in [7, 11) is -4.06. The molecule has 0 aliphatic carbocycles. The topological polar surface area (TPSA) is 98.8 Å². The van der Waals surface area contributed by atoms with E-state index in [1.807, 2.05) is 6.07 Å². The van der Waals surface area contributed by atoms with E-state index in [4.69, 9.17) is 9.47 Å². The molecule has 1 N–H and O–H groups in total. The van der Waals surface area contributed by atoms with Crippen LogP contribution in [0.25, 0.3) is 0 Å². The average Bonchev–Trinajstić information content (AvgIpc) is 2.57. The maximum absolute atomic E-state index is 12.1. The summed E-state index contributed by atoms with van der Waals surface area (Å²) in [6.45, 7) is 0.321. The number of benzene rings is 2. The third kappa shape index (κ3) is 4.67. The lowest BCUT2D eigenvalue weighted by atomic mass is 10.2. The minimum atomic E-state index is -3.62. The molecule has 0 aliphatic rings. The summed E-state index contributed by atoms with van der Waals surface area (Å²) in [5.41, 5.74) is 1.17. The number of ether oxygens (including phenoxy) is 2. The average molecular weight is 399 g/mol. The van der Waals surface area contributed by atoms with E-state index < -0.39 is 19.7 Å². The molecular formula is C17H21NO6S2. The second kappa shape index (κ2) is 7.55. The Morgan fingerprint density at radius 2 is 1.50 bits per heavy atom. The molecule has 7 nitrogen and oxygen atoms in total. The van der Waals surface area contributed by atoms with Crippen molar-refractivity contribution in [1.29, 1.82) is 0 Å². The minimum absolute atomic E-state index is 0.0467. The van der Waals surface area contributed by atoms with Gasteiger partial charge in [-0.1, -0.05) is 6.07 Å². The highest BCUT2D eigenvalue weighted by molar-refractivity contribution is 7.91. The third-order valence-corrected chi connectivity index (χ3v) is 5.96. The number of hydrogen-bond acceptors (Lipinski definition) is 7. The Balaban J connectivity index is 2.35. The van der Waals surface area contributed by atoms with Crippen molar-refractivity contribution in [3.63, 3.8) is 0 Å². The highest BCUT2D eigenvalue weighted by Gasteiger charge is 2.18. The summed E-state index contributed by atoms with van der Waals surface area (Å²) >= 11 is 0. The number of hydrogen-bond donors (Lipinski definition) is 1. The molecule has 0 spiro atoms. The van der Waals surface area contributed by atoms with E-state index in [2.05, 4.69) is 5.32 Å². The van der Waals surface area contributed by atoms with Gasteiger partial charge in [0, 0.05) is 19.1 Å². The van der Waals surface area contributed by atoms with E-state index in [0.29, 0.717) is 23.7 Å². The molecule has 0 atom stereocenters. The quantitative estimate of drug-likeness (QED) is 0.761. The molecule has 2 rings (SSSR count).